The van der Waals surface area contributed by atoms with Crippen LogP contribution in [0.2, 0.25) is 0 Å². The van der Waals surface area contributed by atoms with Crippen molar-refractivity contribution in [1.29, 1.82) is 0 Å². The molecule has 0 saturated heterocycles. The summed E-state index contributed by atoms with van der Waals surface area (Å²) in [7, 11) is 0. The molecule has 0 aliphatic carbocycles. The van der Waals surface area contributed by atoms with Crippen molar-refractivity contribution in [2.24, 2.45) is 0 Å². The van der Waals surface area contributed by atoms with Gasteiger partial charge in [-0.25, -0.2) is 9.59 Å². The molecular formula is C19H14BrNO4S. The average Bonchev–Trinajstić information content (AvgIpc) is 3.05. The summed E-state index contributed by atoms with van der Waals surface area (Å²) in [4.78, 5) is 24.3. The lowest BCUT2D eigenvalue weighted by Gasteiger charge is -2.06. The van der Waals surface area contributed by atoms with Crippen molar-refractivity contribution < 1.29 is 19.4 Å². The van der Waals surface area contributed by atoms with Gasteiger partial charge in [0.25, 0.3) is 0 Å². The first-order chi connectivity index (χ1) is 12.5. The Morgan fingerprint density at radius 3 is 2.54 bits per heavy atom. The minimum atomic E-state index is -1.10. The fraction of sp³-hybridized carbons (Fsp3) is 0.0526. The topological polar surface area (TPSA) is 75.6 Å². The first kappa shape index (κ1) is 18.2. The van der Waals surface area contributed by atoms with Crippen LogP contribution in [-0.2, 0) is 11.3 Å². The van der Waals surface area contributed by atoms with Gasteiger partial charge in [-0.2, -0.15) is 0 Å². The number of nitrogens with one attached hydrogen (secondary N) is 1. The molecule has 0 radical (unpaired) electrons. The summed E-state index contributed by atoms with van der Waals surface area (Å²) >= 11 is 4.49. The number of carboxylic acids is 1. The summed E-state index contributed by atoms with van der Waals surface area (Å²) in [5.41, 5.74) is 1.93. The molecule has 1 amide bonds. The van der Waals surface area contributed by atoms with Crippen molar-refractivity contribution in [3.8, 4) is 10.4 Å². The fourth-order valence-corrected chi connectivity index (χ4v) is 3.64. The lowest BCUT2D eigenvalue weighted by Crippen LogP contribution is -2.14. The maximum Gasteiger partial charge on any atom is 0.412 e. The van der Waals surface area contributed by atoms with Crippen molar-refractivity contribution in [3.63, 3.8) is 0 Å². The zero-order valence-corrected chi connectivity index (χ0v) is 15.8. The molecule has 3 rings (SSSR count). The lowest BCUT2D eigenvalue weighted by molar-refractivity contribution is 0.0703. The highest BCUT2D eigenvalue weighted by Gasteiger charge is 2.19. The van der Waals surface area contributed by atoms with Crippen molar-refractivity contribution in [1.82, 2.24) is 0 Å². The smallest absolute Gasteiger partial charge is 0.412 e. The van der Waals surface area contributed by atoms with Crippen LogP contribution in [0.25, 0.3) is 10.4 Å². The van der Waals surface area contributed by atoms with Crippen molar-refractivity contribution in [2.45, 2.75) is 6.61 Å². The number of aromatic carboxylic acids is 1. The van der Waals surface area contributed by atoms with E-state index in [0.29, 0.717) is 0 Å². The van der Waals surface area contributed by atoms with Crippen LogP contribution in [0.15, 0.2) is 65.1 Å². The molecule has 5 nitrogen and oxygen atoms in total. The van der Waals surface area contributed by atoms with Crippen LogP contribution >= 0.6 is 27.3 Å². The molecule has 0 aliphatic heterocycles. The number of carboxylic acid groups (broad SMARTS) is 1. The second kappa shape index (κ2) is 8.16. The Balaban J connectivity index is 1.76. The molecule has 7 heteroatoms. The van der Waals surface area contributed by atoms with Gasteiger partial charge in [-0.05, 0) is 29.3 Å². The van der Waals surface area contributed by atoms with E-state index in [1.54, 1.807) is 6.07 Å². The van der Waals surface area contributed by atoms with E-state index in [1.807, 2.05) is 54.6 Å². The zero-order chi connectivity index (χ0) is 18.5. The Bertz CT molecular complexity index is 940. The number of hydrogen-bond acceptors (Lipinski definition) is 4. The molecule has 0 fully saturated rings. The van der Waals surface area contributed by atoms with Gasteiger partial charge in [0.2, 0.25) is 0 Å². The second-order valence-electron chi connectivity index (χ2n) is 5.36. The highest BCUT2D eigenvalue weighted by molar-refractivity contribution is 9.10. The van der Waals surface area contributed by atoms with E-state index in [0.717, 1.165) is 31.8 Å². The predicted molar refractivity (Wildman–Crippen MR) is 105 cm³/mol. The van der Waals surface area contributed by atoms with Gasteiger partial charge < -0.3 is 9.84 Å². The lowest BCUT2D eigenvalue weighted by atomic mass is 10.2. The van der Waals surface area contributed by atoms with Gasteiger partial charge in [0, 0.05) is 9.35 Å². The minimum absolute atomic E-state index is 0.0524. The Labute approximate surface area is 162 Å². The fourth-order valence-electron chi connectivity index (χ4n) is 2.30. The van der Waals surface area contributed by atoms with E-state index < -0.39 is 12.1 Å². The largest absolute Gasteiger partial charge is 0.477 e. The van der Waals surface area contributed by atoms with Crippen LogP contribution in [0, 0.1) is 0 Å². The van der Waals surface area contributed by atoms with Gasteiger partial charge in [-0.15, -0.1) is 11.3 Å². The maximum absolute atomic E-state index is 12.0. The summed E-state index contributed by atoms with van der Waals surface area (Å²) in [6.07, 6.45) is -0.699. The van der Waals surface area contributed by atoms with Crippen LogP contribution in [0.5, 0.6) is 0 Å². The van der Waals surface area contributed by atoms with E-state index in [9.17, 15) is 14.7 Å². The molecule has 0 unspecified atom stereocenters. The van der Waals surface area contributed by atoms with Crippen LogP contribution < -0.4 is 5.32 Å². The number of thiophene rings is 1. The Morgan fingerprint density at radius 2 is 1.85 bits per heavy atom. The molecule has 1 aromatic heterocycles. The quantitative estimate of drug-likeness (QED) is 0.549. The first-order valence-corrected chi connectivity index (χ1v) is 9.24. The molecule has 2 aromatic carbocycles. The first-order valence-electron chi connectivity index (χ1n) is 7.63. The van der Waals surface area contributed by atoms with E-state index in [1.165, 1.54) is 0 Å². The Morgan fingerprint density at radius 1 is 1.08 bits per heavy atom. The van der Waals surface area contributed by atoms with Crippen molar-refractivity contribution in [2.75, 3.05) is 5.32 Å². The second-order valence-corrected chi connectivity index (χ2v) is 7.32. The highest BCUT2D eigenvalue weighted by atomic mass is 79.9. The number of rotatable bonds is 5. The number of ether oxygens (including phenoxy) is 1. The van der Waals surface area contributed by atoms with E-state index in [4.69, 9.17) is 4.74 Å². The Hall–Kier alpha value is -2.64. The third kappa shape index (κ3) is 4.50. The van der Waals surface area contributed by atoms with E-state index in [2.05, 4.69) is 21.2 Å². The number of benzene rings is 2. The molecule has 2 N–H and O–H groups in total. The number of halogens is 1. The summed E-state index contributed by atoms with van der Waals surface area (Å²) in [5, 5.41) is 11.9. The summed E-state index contributed by atoms with van der Waals surface area (Å²) in [5.74, 6) is -1.10. The standard InChI is InChI=1S/C19H14BrNO4S/c20-14-8-4-7-13(9-14)16-10-15(17(26-16)18(22)23)21-19(24)25-11-12-5-2-1-3-6-12/h1-10H,11H2,(H,21,24)(H,22,23). The van der Waals surface area contributed by atoms with Crippen LogP contribution in [0.1, 0.15) is 15.2 Å². The molecule has 3 aromatic rings. The molecule has 0 aliphatic rings. The van der Waals surface area contributed by atoms with E-state index in [-0.39, 0.29) is 17.2 Å². The zero-order valence-electron chi connectivity index (χ0n) is 13.4. The van der Waals surface area contributed by atoms with Crippen LogP contribution in [0.3, 0.4) is 0 Å². The summed E-state index contributed by atoms with van der Waals surface area (Å²) < 4.78 is 6.04. The number of amides is 1. The third-order valence-electron chi connectivity index (χ3n) is 3.48. The molecule has 0 atom stereocenters. The number of carbonyl (C=O) groups is 2. The summed E-state index contributed by atoms with van der Waals surface area (Å²) in [6, 6.07) is 18.4. The van der Waals surface area contributed by atoms with Crippen molar-refractivity contribution in [3.05, 3.63) is 75.6 Å². The summed E-state index contributed by atoms with van der Waals surface area (Å²) in [6.45, 7) is 0.109. The third-order valence-corrected chi connectivity index (χ3v) is 5.15. The average molecular weight is 432 g/mol. The molecule has 132 valence electrons. The van der Waals surface area contributed by atoms with Gasteiger partial charge in [-0.3, -0.25) is 5.32 Å². The van der Waals surface area contributed by atoms with E-state index >= 15 is 0 Å². The van der Waals surface area contributed by atoms with Gasteiger partial charge in [0.15, 0.2) is 0 Å². The Kier molecular flexibility index (Phi) is 5.70. The van der Waals surface area contributed by atoms with Gasteiger partial charge in [-0.1, -0.05) is 58.4 Å². The van der Waals surface area contributed by atoms with Gasteiger partial charge in [0.1, 0.15) is 11.5 Å². The SMILES string of the molecule is O=C(Nc1cc(-c2cccc(Br)c2)sc1C(=O)O)OCc1ccccc1. The monoisotopic (exact) mass is 431 g/mol. The minimum Gasteiger partial charge on any atom is -0.477 e. The molecular weight excluding hydrogens is 418 g/mol. The highest BCUT2D eigenvalue weighted by Crippen LogP contribution is 2.35. The molecule has 0 bridgehead atoms. The number of carbonyl (C=O) groups excluding carboxylic acids is 1. The molecule has 26 heavy (non-hydrogen) atoms. The number of hydrogen-bond donors (Lipinski definition) is 2. The maximum atomic E-state index is 12.0. The predicted octanol–water partition coefficient (Wildman–Crippen LogP) is 5.62. The van der Waals surface area contributed by atoms with Crippen molar-refractivity contribution >= 4 is 45.0 Å². The van der Waals surface area contributed by atoms with Gasteiger partial charge >= 0.3 is 12.1 Å². The normalized spacial score (nSPS) is 10.3. The van der Waals surface area contributed by atoms with Gasteiger partial charge in [0.05, 0.1) is 5.69 Å². The molecule has 1 heterocycles. The number of anilines is 1. The molecule has 0 saturated carbocycles. The van der Waals surface area contributed by atoms with Crippen LogP contribution in [0.4, 0.5) is 10.5 Å². The molecule has 0 spiro atoms. The van der Waals surface area contributed by atoms with Crippen LogP contribution in [-0.4, -0.2) is 17.2 Å².